The molecule has 0 heterocycles. The molecule has 0 fully saturated rings. The molecule has 1 unspecified atom stereocenters. The lowest BCUT2D eigenvalue weighted by atomic mass is 9.57. The van der Waals surface area contributed by atoms with Crippen LogP contribution in [-0.4, -0.2) is 37.0 Å². The van der Waals surface area contributed by atoms with E-state index in [1.54, 1.807) is 12.7 Å². The van der Waals surface area contributed by atoms with Crippen LogP contribution >= 0.6 is 0 Å². The van der Waals surface area contributed by atoms with Gasteiger partial charge in [0.2, 0.25) is 0 Å². The van der Waals surface area contributed by atoms with Gasteiger partial charge < -0.3 is 14.6 Å². The van der Waals surface area contributed by atoms with E-state index < -0.39 is 11.6 Å². The molecule has 3 aliphatic carbocycles. The standard InChI is InChI=1S/C21H32O4/c1-13-8-10-16-18(24-4)17-14(9-11-15(13)20(16,2)3)7-6-12-21(17,23)19(22)25-5/h16,18,23H,6-12H2,1-5H3/t16?,18-,21-/m1/s1. The summed E-state index contributed by atoms with van der Waals surface area (Å²) < 4.78 is 11.0. The van der Waals surface area contributed by atoms with E-state index >= 15 is 0 Å². The Morgan fingerprint density at radius 3 is 2.52 bits per heavy atom. The van der Waals surface area contributed by atoms with Gasteiger partial charge in [-0.1, -0.05) is 30.6 Å². The maximum absolute atomic E-state index is 12.5. The zero-order valence-electron chi connectivity index (χ0n) is 16.3. The van der Waals surface area contributed by atoms with E-state index in [9.17, 15) is 9.90 Å². The first-order valence-electron chi connectivity index (χ1n) is 9.52. The number of carbonyl (C=O) groups is 1. The summed E-state index contributed by atoms with van der Waals surface area (Å²) in [6.45, 7) is 6.86. The van der Waals surface area contributed by atoms with Crippen LogP contribution < -0.4 is 0 Å². The van der Waals surface area contributed by atoms with Crippen molar-refractivity contribution < 1.29 is 19.4 Å². The monoisotopic (exact) mass is 348 g/mol. The Hall–Kier alpha value is -1.13. The number of hydrogen-bond donors (Lipinski definition) is 1. The quantitative estimate of drug-likeness (QED) is 0.607. The van der Waals surface area contributed by atoms with Crippen molar-refractivity contribution in [3.05, 3.63) is 22.3 Å². The Kier molecular flexibility index (Phi) is 4.89. The molecule has 0 aromatic carbocycles. The Balaban J connectivity index is 2.18. The Bertz CT molecular complexity index is 628. The lowest BCUT2D eigenvalue weighted by Gasteiger charge is -2.50. The Morgan fingerprint density at radius 2 is 1.88 bits per heavy atom. The molecule has 0 aromatic rings. The van der Waals surface area contributed by atoms with Gasteiger partial charge in [-0.05, 0) is 63.2 Å². The van der Waals surface area contributed by atoms with Crippen LogP contribution in [0.1, 0.15) is 65.7 Å². The second kappa shape index (κ2) is 6.55. The highest BCUT2D eigenvalue weighted by Gasteiger charge is 2.53. The summed E-state index contributed by atoms with van der Waals surface area (Å²) in [4.78, 5) is 12.5. The van der Waals surface area contributed by atoms with Crippen LogP contribution in [0.3, 0.4) is 0 Å². The van der Waals surface area contributed by atoms with Crippen molar-refractivity contribution in [3.8, 4) is 0 Å². The predicted octanol–water partition coefficient (Wildman–Crippen LogP) is 3.93. The van der Waals surface area contributed by atoms with Crippen molar-refractivity contribution in [3.63, 3.8) is 0 Å². The summed E-state index contributed by atoms with van der Waals surface area (Å²) in [7, 11) is 3.07. The molecule has 25 heavy (non-hydrogen) atoms. The molecule has 3 atom stereocenters. The summed E-state index contributed by atoms with van der Waals surface area (Å²) in [6, 6.07) is 0. The number of esters is 1. The fourth-order valence-electron chi connectivity index (χ4n) is 5.68. The number of methoxy groups -OCH3 is 2. The minimum Gasteiger partial charge on any atom is -0.467 e. The maximum Gasteiger partial charge on any atom is 0.342 e. The largest absolute Gasteiger partial charge is 0.467 e. The van der Waals surface area contributed by atoms with Crippen molar-refractivity contribution >= 4 is 5.97 Å². The van der Waals surface area contributed by atoms with Crippen molar-refractivity contribution in [2.45, 2.75) is 77.4 Å². The highest BCUT2D eigenvalue weighted by atomic mass is 16.5. The predicted molar refractivity (Wildman–Crippen MR) is 97.1 cm³/mol. The number of carbonyl (C=O) groups excluding carboxylic acids is 1. The number of ether oxygens (including phenoxy) is 2. The van der Waals surface area contributed by atoms with Crippen LogP contribution in [0.4, 0.5) is 0 Å². The summed E-state index contributed by atoms with van der Waals surface area (Å²) in [6.07, 6.45) is 5.95. The zero-order chi connectivity index (χ0) is 18.4. The van der Waals surface area contributed by atoms with Crippen molar-refractivity contribution in [2.24, 2.45) is 11.3 Å². The van der Waals surface area contributed by atoms with Crippen LogP contribution in [0.25, 0.3) is 0 Å². The molecular formula is C21H32O4. The average Bonchev–Trinajstić information content (AvgIpc) is 2.57. The van der Waals surface area contributed by atoms with Crippen LogP contribution in [0.5, 0.6) is 0 Å². The van der Waals surface area contributed by atoms with Gasteiger partial charge in [-0.25, -0.2) is 4.79 Å². The molecule has 4 heteroatoms. The fourth-order valence-corrected chi connectivity index (χ4v) is 5.68. The minimum atomic E-state index is -1.53. The van der Waals surface area contributed by atoms with E-state index in [4.69, 9.17) is 9.47 Å². The molecular weight excluding hydrogens is 316 g/mol. The zero-order valence-corrected chi connectivity index (χ0v) is 16.3. The van der Waals surface area contributed by atoms with Crippen LogP contribution in [0.15, 0.2) is 22.3 Å². The van der Waals surface area contributed by atoms with E-state index in [2.05, 4.69) is 20.8 Å². The highest BCUT2D eigenvalue weighted by molar-refractivity contribution is 5.84. The maximum atomic E-state index is 12.5. The van der Waals surface area contributed by atoms with E-state index in [-0.39, 0.29) is 17.4 Å². The van der Waals surface area contributed by atoms with Crippen molar-refractivity contribution in [2.75, 3.05) is 14.2 Å². The number of aliphatic hydroxyl groups is 1. The van der Waals surface area contributed by atoms with Gasteiger partial charge >= 0.3 is 5.97 Å². The average molecular weight is 348 g/mol. The third-order valence-electron chi connectivity index (χ3n) is 7.00. The van der Waals surface area contributed by atoms with Gasteiger partial charge in [-0.2, -0.15) is 0 Å². The summed E-state index contributed by atoms with van der Waals surface area (Å²) >= 11 is 0. The molecule has 0 radical (unpaired) electrons. The number of hydrogen-bond acceptors (Lipinski definition) is 4. The topological polar surface area (TPSA) is 55.8 Å². The first-order chi connectivity index (χ1) is 11.8. The molecule has 3 aliphatic rings. The molecule has 4 nitrogen and oxygen atoms in total. The molecule has 3 rings (SSSR count). The summed E-state index contributed by atoms with van der Waals surface area (Å²) in [5.41, 5.74) is 3.55. The minimum absolute atomic E-state index is 0.00994. The van der Waals surface area contributed by atoms with Gasteiger partial charge in [0.1, 0.15) is 0 Å². The van der Waals surface area contributed by atoms with E-state index in [0.29, 0.717) is 6.42 Å². The van der Waals surface area contributed by atoms with Gasteiger partial charge in [0.25, 0.3) is 0 Å². The molecule has 0 aromatic heterocycles. The third-order valence-corrected chi connectivity index (χ3v) is 7.00. The number of fused-ring (bicyclic) bond motifs is 2. The van der Waals surface area contributed by atoms with E-state index in [1.807, 2.05) is 0 Å². The van der Waals surface area contributed by atoms with Gasteiger partial charge in [0, 0.05) is 12.7 Å². The first kappa shape index (κ1) is 18.7. The van der Waals surface area contributed by atoms with Crippen LogP contribution in [0, 0.1) is 11.3 Å². The molecule has 0 saturated carbocycles. The third kappa shape index (κ3) is 2.78. The molecule has 140 valence electrons. The SMILES string of the molecule is COC(=O)[C@@]1(O)CCCC2=C1[C@H](OC)C1CCC(C)=C(CC2)C1(C)C. The Labute approximate surface area is 151 Å². The smallest absolute Gasteiger partial charge is 0.342 e. The molecule has 2 bridgehead atoms. The van der Waals surface area contributed by atoms with Crippen molar-refractivity contribution in [1.82, 2.24) is 0 Å². The van der Waals surface area contributed by atoms with Crippen molar-refractivity contribution in [1.29, 1.82) is 0 Å². The highest BCUT2D eigenvalue weighted by Crippen LogP contribution is 2.54. The summed E-state index contributed by atoms with van der Waals surface area (Å²) in [5.74, 6) is -0.279. The second-order valence-corrected chi connectivity index (χ2v) is 8.50. The van der Waals surface area contributed by atoms with Crippen LogP contribution in [-0.2, 0) is 14.3 Å². The molecule has 0 aliphatic heterocycles. The van der Waals surface area contributed by atoms with Gasteiger partial charge in [-0.3, -0.25) is 0 Å². The van der Waals surface area contributed by atoms with E-state index in [0.717, 1.165) is 44.1 Å². The molecule has 1 N–H and O–H groups in total. The second-order valence-electron chi connectivity index (χ2n) is 8.50. The fraction of sp³-hybridized carbons (Fsp3) is 0.762. The van der Waals surface area contributed by atoms with Gasteiger partial charge in [0.15, 0.2) is 5.60 Å². The molecule has 0 spiro atoms. The van der Waals surface area contributed by atoms with E-state index in [1.165, 1.54) is 18.3 Å². The number of allylic oxidation sites excluding steroid dienone is 3. The lowest BCUT2D eigenvalue weighted by molar-refractivity contribution is -0.162. The molecule has 0 saturated heterocycles. The van der Waals surface area contributed by atoms with Gasteiger partial charge in [-0.15, -0.1) is 0 Å². The van der Waals surface area contributed by atoms with Gasteiger partial charge in [0.05, 0.1) is 13.2 Å². The number of rotatable bonds is 2. The Morgan fingerprint density at radius 1 is 1.16 bits per heavy atom. The molecule has 0 amide bonds. The summed E-state index contributed by atoms with van der Waals surface area (Å²) in [5, 5.41) is 11.3. The lowest BCUT2D eigenvalue weighted by Crippen LogP contribution is -2.52. The van der Waals surface area contributed by atoms with Crippen LogP contribution in [0.2, 0.25) is 0 Å². The normalized spacial score (nSPS) is 35.0. The first-order valence-corrected chi connectivity index (χ1v) is 9.52.